The van der Waals surface area contributed by atoms with E-state index in [-0.39, 0.29) is 17.7 Å². The van der Waals surface area contributed by atoms with Crippen LogP contribution in [-0.2, 0) is 9.84 Å². The molecule has 0 saturated heterocycles. The molecule has 0 saturated carbocycles. The van der Waals surface area contributed by atoms with Crippen molar-refractivity contribution in [1.82, 2.24) is 0 Å². The highest BCUT2D eigenvalue weighted by atomic mass is 79.9. The summed E-state index contributed by atoms with van der Waals surface area (Å²) < 4.78 is 35.9. The van der Waals surface area contributed by atoms with Crippen molar-refractivity contribution < 1.29 is 17.9 Å². The molecule has 0 spiro atoms. The fourth-order valence-corrected chi connectivity index (χ4v) is 2.53. The molecule has 0 heterocycles. The topological polar surface area (TPSA) is 54.4 Å². The van der Waals surface area contributed by atoms with Gasteiger partial charge in [0.1, 0.15) is 15.7 Å². The highest BCUT2D eigenvalue weighted by Crippen LogP contribution is 2.24. The minimum Gasteiger partial charge on any atom is -0.388 e. The lowest BCUT2D eigenvalue weighted by molar-refractivity contribution is 0.162. The van der Waals surface area contributed by atoms with Crippen LogP contribution < -0.4 is 0 Å². The van der Waals surface area contributed by atoms with Crippen LogP contribution in [0.25, 0.3) is 0 Å². The van der Waals surface area contributed by atoms with Crippen LogP contribution in [0, 0.1) is 5.82 Å². The van der Waals surface area contributed by atoms with Gasteiger partial charge in [0.15, 0.2) is 0 Å². The lowest BCUT2D eigenvalue weighted by Crippen LogP contribution is -2.06. The Morgan fingerprint density at radius 2 is 2.12 bits per heavy atom. The largest absolute Gasteiger partial charge is 0.388 e. The lowest BCUT2D eigenvalue weighted by atomic mass is 10.1. The predicted octanol–water partition coefficient (Wildman–Crippen LogP) is 2.45. The molecule has 0 aliphatic rings. The van der Waals surface area contributed by atoms with E-state index in [0.29, 0.717) is 10.9 Å². The molecule has 1 unspecified atom stereocenters. The van der Waals surface area contributed by atoms with E-state index in [4.69, 9.17) is 0 Å². The number of aliphatic hydroxyl groups is 1. The van der Waals surface area contributed by atoms with Crippen molar-refractivity contribution in [3.8, 4) is 0 Å². The van der Waals surface area contributed by atoms with Crippen molar-refractivity contribution in [3.05, 3.63) is 34.1 Å². The Morgan fingerprint density at radius 1 is 1.47 bits per heavy atom. The van der Waals surface area contributed by atoms with Crippen molar-refractivity contribution in [2.45, 2.75) is 18.9 Å². The maximum Gasteiger partial charge on any atom is 0.147 e. The van der Waals surface area contributed by atoms with E-state index >= 15 is 0 Å². The number of aliphatic hydroxyl groups excluding tert-OH is 1. The number of halogens is 2. The van der Waals surface area contributed by atoms with E-state index in [1.54, 1.807) is 6.07 Å². The van der Waals surface area contributed by atoms with Gasteiger partial charge in [0.05, 0.1) is 6.10 Å². The number of sulfone groups is 1. The first-order chi connectivity index (χ1) is 7.79. The Labute approximate surface area is 109 Å². The second kappa shape index (κ2) is 5.93. The van der Waals surface area contributed by atoms with Gasteiger partial charge in [0.25, 0.3) is 0 Å². The molecule has 0 aromatic heterocycles. The standard InChI is InChI=1S/C11H14BrFO3S/c1-17(15,16)6-2-3-11(14)9-7-8(12)4-5-10(9)13/h4-5,7,11,14H,2-3,6H2,1H3. The summed E-state index contributed by atoms with van der Waals surface area (Å²) in [4.78, 5) is 0. The van der Waals surface area contributed by atoms with E-state index in [1.165, 1.54) is 12.1 Å². The maximum atomic E-state index is 13.4. The Hall–Kier alpha value is -0.460. The van der Waals surface area contributed by atoms with Gasteiger partial charge in [-0.1, -0.05) is 15.9 Å². The van der Waals surface area contributed by atoms with E-state index in [0.717, 1.165) is 6.26 Å². The molecule has 0 radical (unpaired) electrons. The summed E-state index contributed by atoms with van der Waals surface area (Å²) in [6.07, 6.45) is 0.695. The Balaban J connectivity index is 2.64. The molecule has 1 atom stereocenters. The molecule has 0 fully saturated rings. The van der Waals surface area contributed by atoms with Crippen molar-refractivity contribution >= 4 is 25.8 Å². The zero-order chi connectivity index (χ0) is 13.1. The Morgan fingerprint density at radius 3 is 2.71 bits per heavy atom. The van der Waals surface area contributed by atoms with Crippen LogP contribution in [0.15, 0.2) is 22.7 Å². The first-order valence-electron chi connectivity index (χ1n) is 5.10. The van der Waals surface area contributed by atoms with Crippen molar-refractivity contribution in [3.63, 3.8) is 0 Å². The predicted molar refractivity (Wildman–Crippen MR) is 68.0 cm³/mol. The van der Waals surface area contributed by atoms with Crippen LogP contribution in [0.2, 0.25) is 0 Å². The molecule has 1 rings (SSSR count). The SMILES string of the molecule is CS(=O)(=O)CCCC(O)c1cc(Br)ccc1F. The first kappa shape index (κ1) is 14.6. The molecule has 3 nitrogen and oxygen atoms in total. The van der Waals surface area contributed by atoms with Gasteiger partial charge < -0.3 is 5.11 Å². The van der Waals surface area contributed by atoms with E-state index < -0.39 is 21.8 Å². The third kappa shape index (κ3) is 5.14. The van der Waals surface area contributed by atoms with Crippen LogP contribution in [0.4, 0.5) is 4.39 Å². The zero-order valence-electron chi connectivity index (χ0n) is 9.36. The zero-order valence-corrected chi connectivity index (χ0v) is 11.8. The molecule has 96 valence electrons. The van der Waals surface area contributed by atoms with E-state index in [1.807, 2.05) is 0 Å². The number of benzene rings is 1. The quantitative estimate of drug-likeness (QED) is 0.905. The molecule has 0 aliphatic carbocycles. The minimum atomic E-state index is -3.03. The van der Waals surface area contributed by atoms with Gasteiger partial charge in [-0.2, -0.15) is 0 Å². The average Bonchev–Trinajstić information content (AvgIpc) is 2.19. The van der Waals surface area contributed by atoms with Crippen LogP contribution in [0.5, 0.6) is 0 Å². The highest BCUT2D eigenvalue weighted by Gasteiger charge is 2.14. The fourth-order valence-electron chi connectivity index (χ4n) is 1.46. The molecule has 17 heavy (non-hydrogen) atoms. The monoisotopic (exact) mass is 324 g/mol. The first-order valence-corrected chi connectivity index (χ1v) is 7.95. The third-order valence-electron chi connectivity index (χ3n) is 2.31. The van der Waals surface area contributed by atoms with Crippen LogP contribution in [0.3, 0.4) is 0 Å². The number of hydrogen-bond donors (Lipinski definition) is 1. The third-order valence-corrected chi connectivity index (χ3v) is 3.83. The van der Waals surface area contributed by atoms with Gasteiger partial charge in [0.2, 0.25) is 0 Å². The van der Waals surface area contributed by atoms with E-state index in [9.17, 15) is 17.9 Å². The molecule has 0 aliphatic heterocycles. The normalized spacial score (nSPS) is 13.6. The second-order valence-corrected chi connectivity index (χ2v) is 7.13. The van der Waals surface area contributed by atoms with Gasteiger partial charge in [-0.15, -0.1) is 0 Å². The molecule has 1 aromatic carbocycles. The molecular formula is C11H14BrFO3S. The Bertz CT molecular complexity index is 487. The molecule has 6 heteroatoms. The summed E-state index contributed by atoms with van der Waals surface area (Å²) >= 11 is 3.19. The van der Waals surface area contributed by atoms with Gasteiger partial charge in [-0.25, -0.2) is 12.8 Å². The molecule has 1 aromatic rings. The summed E-state index contributed by atoms with van der Waals surface area (Å²) in [7, 11) is -3.03. The van der Waals surface area contributed by atoms with Crippen LogP contribution >= 0.6 is 15.9 Å². The maximum absolute atomic E-state index is 13.4. The number of rotatable bonds is 5. The molecular weight excluding hydrogens is 311 g/mol. The summed E-state index contributed by atoms with van der Waals surface area (Å²) in [5.41, 5.74) is 0.188. The average molecular weight is 325 g/mol. The van der Waals surface area contributed by atoms with Crippen molar-refractivity contribution in [1.29, 1.82) is 0 Å². The Kier molecular flexibility index (Phi) is 5.09. The highest BCUT2D eigenvalue weighted by molar-refractivity contribution is 9.10. The smallest absolute Gasteiger partial charge is 0.147 e. The summed E-state index contributed by atoms with van der Waals surface area (Å²) in [6.45, 7) is 0. The van der Waals surface area contributed by atoms with Crippen LogP contribution in [-0.4, -0.2) is 25.5 Å². The van der Waals surface area contributed by atoms with Gasteiger partial charge in [-0.3, -0.25) is 0 Å². The van der Waals surface area contributed by atoms with E-state index in [2.05, 4.69) is 15.9 Å². The molecule has 1 N–H and O–H groups in total. The van der Waals surface area contributed by atoms with Crippen LogP contribution in [0.1, 0.15) is 24.5 Å². The van der Waals surface area contributed by atoms with Gasteiger partial charge in [-0.05, 0) is 31.0 Å². The summed E-state index contributed by atoms with van der Waals surface area (Å²) in [5, 5.41) is 9.77. The van der Waals surface area contributed by atoms with Gasteiger partial charge in [0, 0.05) is 22.0 Å². The second-order valence-electron chi connectivity index (χ2n) is 3.95. The van der Waals surface area contributed by atoms with Gasteiger partial charge >= 0.3 is 0 Å². The molecule has 0 amide bonds. The molecule has 0 bridgehead atoms. The number of hydrogen-bond acceptors (Lipinski definition) is 3. The van der Waals surface area contributed by atoms with Crippen molar-refractivity contribution in [2.75, 3.05) is 12.0 Å². The summed E-state index contributed by atoms with van der Waals surface area (Å²) in [6, 6.07) is 4.31. The minimum absolute atomic E-state index is 0.000315. The summed E-state index contributed by atoms with van der Waals surface area (Å²) in [5.74, 6) is -0.486. The lowest BCUT2D eigenvalue weighted by Gasteiger charge is -2.11. The fraction of sp³-hybridized carbons (Fsp3) is 0.455. The van der Waals surface area contributed by atoms with Crippen molar-refractivity contribution in [2.24, 2.45) is 0 Å².